The van der Waals surface area contributed by atoms with E-state index in [2.05, 4.69) is 27.3 Å². The van der Waals surface area contributed by atoms with Crippen molar-refractivity contribution in [2.45, 2.75) is 78.6 Å². The van der Waals surface area contributed by atoms with Gasteiger partial charge in [-0.05, 0) is 54.6 Å². The number of carbonyl (C=O) groups is 3. The summed E-state index contributed by atoms with van der Waals surface area (Å²) in [7, 11) is 0. The van der Waals surface area contributed by atoms with Crippen LogP contribution in [0.1, 0.15) is 54.4 Å². The molecule has 1 saturated carbocycles. The van der Waals surface area contributed by atoms with Gasteiger partial charge in [-0.2, -0.15) is 5.26 Å². The number of piperidine rings is 1. The van der Waals surface area contributed by atoms with Gasteiger partial charge in [0.25, 0.3) is 0 Å². The van der Waals surface area contributed by atoms with Gasteiger partial charge >= 0.3 is 0 Å². The Hall–Kier alpha value is -3.97. The van der Waals surface area contributed by atoms with Crippen LogP contribution in [-0.4, -0.2) is 65.8 Å². The molecule has 0 spiro atoms. The molecule has 1 aliphatic carbocycles. The summed E-state index contributed by atoms with van der Waals surface area (Å²) in [5.74, 6) is -1.66. The van der Waals surface area contributed by atoms with E-state index in [1.54, 1.807) is 20.8 Å². The number of amides is 3. The number of hydrogen-bond acceptors (Lipinski definition) is 7. The average Bonchev–Trinajstić information content (AvgIpc) is 3.32. The lowest BCUT2D eigenvalue weighted by molar-refractivity contribution is -0.145. The number of para-hydroxylation sites is 1. The third-order valence-electron chi connectivity index (χ3n) is 9.20. The maximum absolute atomic E-state index is 14.2. The predicted octanol–water partition coefficient (Wildman–Crippen LogP) is 2.50. The Morgan fingerprint density at radius 2 is 1.84 bits per heavy atom. The van der Waals surface area contributed by atoms with E-state index >= 15 is 0 Å². The van der Waals surface area contributed by atoms with E-state index < -0.39 is 64.6 Å². The highest BCUT2D eigenvalue weighted by molar-refractivity contribution is 5.95. The first-order chi connectivity index (χ1) is 20.1. The van der Waals surface area contributed by atoms with Gasteiger partial charge in [0, 0.05) is 19.0 Å². The topological polar surface area (TPSA) is 143 Å². The normalized spacial score (nSPS) is 25.7. The first-order valence-corrected chi connectivity index (χ1v) is 14.6. The van der Waals surface area contributed by atoms with E-state index in [-0.39, 0.29) is 29.6 Å². The summed E-state index contributed by atoms with van der Waals surface area (Å²) < 4.78 is 28.3. The van der Waals surface area contributed by atoms with Gasteiger partial charge in [0.05, 0.1) is 11.8 Å². The fraction of sp³-hybridized carbons (Fsp3) is 0.613. The second-order valence-corrected chi connectivity index (χ2v) is 13.5. The van der Waals surface area contributed by atoms with E-state index in [4.69, 9.17) is 0 Å². The van der Waals surface area contributed by atoms with Crippen LogP contribution in [0.4, 0.5) is 14.5 Å². The predicted molar refractivity (Wildman–Crippen MR) is 155 cm³/mol. The number of benzene rings is 1. The molecule has 1 aromatic rings. The van der Waals surface area contributed by atoms with Crippen molar-refractivity contribution < 1.29 is 28.0 Å². The van der Waals surface area contributed by atoms with Crippen molar-refractivity contribution in [1.29, 1.82) is 5.26 Å². The summed E-state index contributed by atoms with van der Waals surface area (Å²) in [6.45, 7) is 11.7. The summed E-state index contributed by atoms with van der Waals surface area (Å²) in [5.41, 5.74) is -1.02. The highest BCUT2D eigenvalue weighted by atomic mass is 19.1. The molecular weight excluding hydrogens is 558 g/mol. The quantitative estimate of drug-likeness (QED) is 0.320. The number of carbonyl (C=O) groups excluding carboxylic acids is 4. The fourth-order valence-electron chi connectivity index (χ4n) is 6.52. The van der Waals surface area contributed by atoms with Gasteiger partial charge in [-0.1, -0.05) is 40.7 Å². The van der Waals surface area contributed by atoms with Gasteiger partial charge < -0.3 is 26.2 Å². The molecule has 4 N–H and O–H groups in total. The van der Waals surface area contributed by atoms with Gasteiger partial charge in [-0.15, -0.1) is 0 Å². The molecule has 0 bridgehead atoms. The fourth-order valence-corrected chi connectivity index (χ4v) is 6.52. The standard InChI is InChI=1S/C31H40F2N6O4/c1-16(36-24-20(32)8-7-9-21(24)33)27(41)38-26(30(2,3)4)29(43)39-14-19-23(31(19,5)6)25(39)28(42)37-18(13-34)12-17-10-11-35-22(17)15-40/h7-9,16-19,23,25-26,35-36H,10-12,14H2,1-6H3,(H,37,42)(H,38,41)/t16-,17-,18-,19-,23-,25-,26+/m0/s1. The Kier molecular flexibility index (Phi) is 8.89. The second-order valence-electron chi connectivity index (χ2n) is 13.5. The monoisotopic (exact) mass is 598 g/mol. The van der Waals surface area contributed by atoms with Crippen LogP contribution in [0.15, 0.2) is 23.9 Å². The Balaban J connectivity index is 1.51. The number of allylic oxidation sites excluding steroid dienone is 1. The van der Waals surface area contributed by atoms with Gasteiger partial charge in [-0.25, -0.2) is 13.6 Å². The van der Waals surface area contributed by atoms with Crippen molar-refractivity contribution in [3.8, 4) is 6.07 Å². The molecule has 0 unspecified atom stereocenters. The van der Waals surface area contributed by atoms with Crippen molar-refractivity contribution in [2.75, 3.05) is 18.4 Å². The first-order valence-electron chi connectivity index (χ1n) is 14.6. The van der Waals surface area contributed by atoms with Crippen molar-refractivity contribution in [3.63, 3.8) is 0 Å². The molecule has 0 aromatic heterocycles. The lowest BCUT2D eigenvalue weighted by Crippen LogP contribution is -2.61. The van der Waals surface area contributed by atoms with Crippen LogP contribution in [0.2, 0.25) is 0 Å². The van der Waals surface area contributed by atoms with Gasteiger partial charge in [0.2, 0.25) is 17.7 Å². The molecule has 7 atom stereocenters. The number of anilines is 1. The van der Waals surface area contributed by atoms with Gasteiger partial charge in [0.1, 0.15) is 47.4 Å². The summed E-state index contributed by atoms with van der Waals surface area (Å²) in [4.78, 5) is 53.7. The van der Waals surface area contributed by atoms with Crippen LogP contribution < -0.4 is 21.3 Å². The molecular formula is C31H40F2N6O4. The minimum atomic E-state index is -1.08. The molecule has 10 nitrogen and oxygen atoms in total. The Morgan fingerprint density at radius 1 is 1.19 bits per heavy atom. The zero-order chi connectivity index (χ0) is 31.9. The van der Waals surface area contributed by atoms with E-state index in [1.165, 1.54) is 17.9 Å². The number of nitriles is 1. The maximum Gasteiger partial charge on any atom is 0.246 e. The van der Waals surface area contributed by atoms with Crippen molar-refractivity contribution in [1.82, 2.24) is 20.9 Å². The summed E-state index contributed by atoms with van der Waals surface area (Å²) in [6.07, 6.45) is 0.889. The molecule has 0 radical (unpaired) electrons. The molecule has 1 aromatic carbocycles. The molecule has 12 heteroatoms. The lowest BCUT2D eigenvalue weighted by atomic mass is 9.85. The molecule has 3 amide bonds. The molecule has 2 aliphatic heterocycles. The molecule has 232 valence electrons. The molecule has 2 heterocycles. The molecule has 2 saturated heterocycles. The lowest BCUT2D eigenvalue weighted by Gasteiger charge is -2.38. The van der Waals surface area contributed by atoms with Crippen LogP contribution in [0.3, 0.4) is 0 Å². The van der Waals surface area contributed by atoms with Crippen LogP contribution in [-0.2, 0) is 19.2 Å². The van der Waals surface area contributed by atoms with E-state index in [9.17, 15) is 33.2 Å². The minimum absolute atomic E-state index is 0.0670. The zero-order valence-electron chi connectivity index (χ0n) is 25.4. The van der Waals surface area contributed by atoms with E-state index in [1.807, 2.05) is 19.8 Å². The van der Waals surface area contributed by atoms with Crippen LogP contribution in [0.5, 0.6) is 0 Å². The van der Waals surface area contributed by atoms with Gasteiger partial charge in [0.15, 0.2) is 0 Å². The maximum atomic E-state index is 14.2. The third-order valence-corrected chi connectivity index (χ3v) is 9.20. The van der Waals surface area contributed by atoms with Crippen molar-refractivity contribution in [2.24, 2.45) is 28.6 Å². The first kappa shape index (κ1) is 32.0. The van der Waals surface area contributed by atoms with E-state index in [0.29, 0.717) is 25.2 Å². The largest absolute Gasteiger partial charge is 0.379 e. The SMILES string of the molecule is C[C@H](Nc1c(F)cccc1F)C(=O)N[C@H](C(=O)N1C[C@H]2[C@@H]([C@H]1C(=O)N[C@H](C#N)C[C@@H]1CCNC1=C=O)C2(C)C)C(C)(C)C. The number of rotatable bonds is 9. The van der Waals surface area contributed by atoms with Gasteiger partial charge in [-0.3, -0.25) is 14.4 Å². The molecule has 3 fully saturated rings. The smallest absolute Gasteiger partial charge is 0.246 e. The highest BCUT2D eigenvalue weighted by Gasteiger charge is 2.69. The zero-order valence-corrected chi connectivity index (χ0v) is 25.4. The minimum Gasteiger partial charge on any atom is -0.379 e. The number of nitrogens with one attached hydrogen (secondary N) is 4. The van der Waals surface area contributed by atoms with Crippen LogP contribution >= 0.6 is 0 Å². The second kappa shape index (κ2) is 12.0. The number of hydrogen-bond donors (Lipinski definition) is 4. The number of halogens is 2. The number of likely N-dealkylation sites (tertiary alicyclic amines) is 1. The Bertz CT molecular complexity index is 1360. The van der Waals surface area contributed by atoms with Crippen molar-refractivity contribution >= 4 is 29.4 Å². The Morgan fingerprint density at radius 3 is 2.42 bits per heavy atom. The molecule has 4 rings (SSSR count). The molecule has 3 aliphatic rings. The Labute approximate surface area is 250 Å². The van der Waals surface area contributed by atoms with Crippen LogP contribution in [0.25, 0.3) is 0 Å². The third kappa shape index (κ3) is 6.37. The average molecular weight is 599 g/mol. The highest BCUT2D eigenvalue weighted by Crippen LogP contribution is 2.65. The summed E-state index contributed by atoms with van der Waals surface area (Å²) in [5, 5.41) is 20.9. The van der Waals surface area contributed by atoms with Crippen LogP contribution in [0, 0.1) is 51.5 Å². The summed E-state index contributed by atoms with van der Waals surface area (Å²) in [6, 6.07) is 1.61. The summed E-state index contributed by atoms with van der Waals surface area (Å²) >= 11 is 0. The number of nitrogens with zero attached hydrogens (tertiary/aromatic N) is 2. The van der Waals surface area contributed by atoms with E-state index in [0.717, 1.165) is 12.1 Å². The molecule has 43 heavy (non-hydrogen) atoms. The number of fused-ring (bicyclic) bond motifs is 1. The van der Waals surface area contributed by atoms with Crippen molar-refractivity contribution in [3.05, 3.63) is 35.5 Å².